The van der Waals surface area contributed by atoms with E-state index in [0.717, 1.165) is 5.56 Å². The highest BCUT2D eigenvalue weighted by Gasteiger charge is 2.08. The first-order valence-electron chi connectivity index (χ1n) is 8.16. The third-order valence-electron chi connectivity index (χ3n) is 3.73. The van der Waals surface area contributed by atoms with Crippen LogP contribution in [0.1, 0.15) is 28.7 Å². The largest absolute Gasteiger partial charge is 0.486 e. The summed E-state index contributed by atoms with van der Waals surface area (Å²) in [6.45, 7) is 3.31. The van der Waals surface area contributed by atoms with E-state index in [1.54, 1.807) is 35.0 Å². The summed E-state index contributed by atoms with van der Waals surface area (Å²) >= 11 is 5.94. The van der Waals surface area contributed by atoms with E-state index in [-0.39, 0.29) is 12.5 Å². The Bertz CT molecular complexity index is 879. The van der Waals surface area contributed by atoms with Crippen molar-refractivity contribution in [3.05, 3.63) is 70.5 Å². The van der Waals surface area contributed by atoms with E-state index in [2.05, 4.69) is 20.8 Å². The van der Waals surface area contributed by atoms with Crippen LogP contribution >= 0.6 is 11.6 Å². The first-order chi connectivity index (χ1) is 12.7. The van der Waals surface area contributed by atoms with Crippen LogP contribution in [0.4, 0.5) is 0 Å². The number of carbonyl (C=O) groups excluding carboxylic acids is 1. The minimum atomic E-state index is -0.161. The maximum absolute atomic E-state index is 12.2. The van der Waals surface area contributed by atoms with Gasteiger partial charge < -0.3 is 10.1 Å². The smallest absolute Gasteiger partial charge is 0.251 e. The van der Waals surface area contributed by atoms with Crippen molar-refractivity contribution >= 4 is 17.5 Å². The molecule has 1 aromatic heterocycles. The molecule has 0 atom stereocenters. The molecule has 0 aliphatic heterocycles. The van der Waals surface area contributed by atoms with Crippen LogP contribution in [0.5, 0.6) is 5.75 Å². The maximum Gasteiger partial charge on any atom is 0.251 e. The quantitative estimate of drug-likeness (QED) is 0.690. The summed E-state index contributed by atoms with van der Waals surface area (Å²) < 4.78 is 7.32. The standard InChI is InChI=1S/C18H18ClN5O2/c1-2-24-17(21-22-23-24)12-26-16-8-6-14(7-9-16)18(25)20-11-13-4-3-5-15(19)10-13/h3-10H,2,11-12H2,1H3,(H,20,25). The molecule has 0 aliphatic rings. The van der Waals surface area contributed by atoms with Crippen molar-refractivity contribution in [1.82, 2.24) is 25.5 Å². The summed E-state index contributed by atoms with van der Waals surface area (Å²) in [6.07, 6.45) is 0. The highest BCUT2D eigenvalue weighted by atomic mass is 35.5. The molecule has 0 saturated carbocycles. The second-order valence-electron chi connectivity index (χ2n) is 5.54. The van der Waals surface area contributed by atoms with Crippen LogP contribution in [0.25, 0.3) is 0 Å². The summed E-state index contributed by atoms with van der Waals surface area (Å²) in [7, 11) is 0. The zero-order chi connectivity index (χ0) is 18.4. The molecule has 0 aliphatic carbocycles. The van der Waals surface area contributed by atoms with E-state index < -0.39 is 0 Å². The molecule has 134 valence electrons. The molecule has 7 nitrogen and oxygen atoms in total. The minimum absolute atomic E-state index is 0.161. The number of tetrazole rings is 1. The predicted molar refractivity (Wildman–Crippen MR) is 96.9 cm³/mol. The first-order valence-corrected chi connectivity index (χ1v) is 8.54. The van der Waals surface area contributed by atoms with Gasteiger partial charge in [0, 0.05) is 23.7 Å². The second-order valence-corrected chi connectivity index (χ2v) is 5.97. The lowest BCUT2D eigenvalue weighted by molar-refractivity contribution is 0.0951. The molecule has 0 saturated heterocycles. The average molecular weight is 372 g/mol. The zero-order valence-corrected chi connectivity index (χ0v) is 15.0. The van der Waals surface area contributed by atoms with Gasteiger partial charge in [0.15, 0.2) is 5.82 Å². The highest BCUT2D eigenvalue weighted by Crippen LogP contribution is 2.14. The summed E-state index contributed by atoms with van der Waals surface area (Å²) in [4.78, 5) is 12.2. The van der Waals surface area contributed by atoms with Gasteiger partial charge in [-0.05, 0) is 59.3 Å². The minimum Gasteiger partial charge on any atom is -0.486 e. The number of aryl methyl sites for hydroxylation is 1. The number of ether oxygens (including phenoxy) is 1. The van der Waals surface area contributed by atoms with Crippen LogP contribution in [-0.2, 0) is 19.7 Å². The number of halogens is 1. The van der Waals surface area contributed by atoms with Gasteiger partial charge in [0.1, 0.15) is 12.4 Å². The van der Waals surface area contributed by atoms with Crippen LogP contribution in [0.3, 0.4) is 0 Å². The van der Waals surface area contributed by atoms with Crippen LogP contribution < -0.4 is 10.1 Å². The van der Waals surface area contributed by atoms with E-state index >= 15 is 0 Å². The summed E-state index contributed by atoms with van der Waals surface area (Å²) in [5.41, 5.74) is 1.50. The van der Waals surface area contributed by atoms with Crippen LogP contribution in [0.2, 0.25) is 5.02 Å². The van der Waals surface area contributed by atoms with E-state index in [1.165, 1.54) is 0 Å². The van der Waals surface area contributed by atoms with Crippen LogP contribution in [0, 0.1) is 0 Å². The van der Waals surface area contributed by atoms with Crippen LogP contribution in [0.15, 0.2) is 48.5 Å². The van der Waals surface area contributed by atoms with Crippen molar-refractivity contribution in [1.29, 1.82) is 0 Å². The number of carbonyl (C=O) groups is 1. The fourth-order valence-electron chi connectivity index (χ4n) is 2.35. The highest BCUT2D eigenvalue weighted by molar-refractivity contribution is 6.30. The van der Waals surface area contributed by atoms with Gasteiger partial charge in [-0.25, -0.2) is 4.68 Å². The molecule has 0 spiro atoms. The molecule has 0 unspecified atom stereocenters. The molecule has 1 amide bonds. The van der Waals surface area contributed by atoms with Crippen molar-refractivity contribution in [3.8, 4) is 5.75 Å². The number of benzene rings is 2. The third-order valence-corrected chi connectivity index (χ3v) is 3.97. The Morgan fingerprint density at radius 3 is 2.77 bits per heavy atom. The Kier molecular flexibility index (Phi) is 5.80. The number of aromatic nitrogens is 4. The van der Waals surface area contributed by atoms with Gasteiger partial charge in [-0.1, -0.05) is 23.7 Å². The molecule has 26 heavy (non-hydrogen) atoms. The lowest BCUT2D eigenvalue weighted by Gasteiger charge is -2.08. The Labute approximate surface area is 155 Å². The molecular formula is C18H18ClN5O2. The number of amides is 1. The van der Waals surface area contributed by atoms with Crippen molar-refractivity contribution < 1.29 is 9.53 Å². The van der Waals surface area contributed by atoms with Crippen molar-refractivity contribution in [2.75, 3.05) is 0 Å². The monoisotopic (exact) mass is 371 g/mol. The van der Waals surface area contributed by atoms with Gasteiger partial charge in [-0.15, -0.1) is 5.10 Å². The molecule has 1 N–H and O–H groups in total. The lowest BCUT2D eigenvalue weighted by Crippen LogP contribution is -2.22. The molecule has 0 radical (unpaired) electrons. The molecule has 8 heteroatoms. The number of nitrogens with zero attached hydrogens (tertiary/aromatic N) is 4. The number of hydrogen-bond acceptors (Lipinski definition) is 5. The molecule has 3 rings (SSSR count). The van der Waals surface area contributed by atoms with E-state index in [0.29, 0.717) is 35.2 Å². The molecule has 0 bridgehead atoms. The topological polar surface area (TPSA) is 81.9 Å². The summed E-state index contributed by atoms with van der Waals surface area (Å²) in [5, 5.41) is 14.9. The van der Waals surface area contributed by atoms with Gasteiger partial charge in [0.05, 0.1) is 0 Å². The molecule has 2 aromatic carbocycles. The predicted octanol–water partition coefficient (Wildman–Crippen LogP) is 2.86. The Balaban J connectivity index is 1.54. The van der Waals surface area contributed by atoms with Gasteiger partial charge in [-0.2, -0.15) is 0 Å². The van der Waals surface area contributed by atoms with E-state index in [1.807, 2.05) is 25.1 Å². The average Bonchev–Trinajstić information content (AvgIpc) is 3.12. The molecular weight excluding hydrogens is 354 g/mol. The van der Waals surface area contributed by atoms with Gasteiger partial charge >= 0.3 is 0 Å². The van der Waals surface area contributed by atoms with Crippen molar-refractivity contribution in [3.63, 3.8) is 0 Å². The van der Waals surface area contributed by atoms with Gasteiger partial charge in [0.2, 0.25) is 0 Å². The fraction of sp³-hybridized carbons (Fsp3) is 0.222. The second kappa shape index (κ2) is 8.44. The van der Waals surface area contributed by atoms with Gasteiger partial charge in [0.25, 0.3) is 5.91 Å². The van der Waals surface area contributed by atoms with Crippen LogP contribution in [-0.4, -0.2) is 26.1 Å². The van der Waals surface area contributed by atoms with E-state index in [4.69, 9.17) is 16.3 Å². The van der Waals surface area contributed by atoms with E-state index in [9.17, 15) is 4.79 Å². The maximum atomic E-state index is 12.2. The number of rotatable bonds is 7. The normalized spacial score (nSPS) is 10.5. The first kappa shape index (κ1) is 17.9. The molecule has 0 fully saturated rings. The zero-order valence-electron chi connectivity index (χ0n) is 14.2. The fourth-order valence-corrected chi connectivity index (χ4v) is 2.57. The van der Waals surface area contributed by atoms with Crippen molar-refractivity contribution in [2.24, 2.45) is 0 Å². The summed E-state index contributed by atoms with van der Waals surface area (Å²) in [6, 6.07) is 14.3. The molecule has 3 aromatic rings. The SMILES string of the molecule is CCn1nnnc1COc1ccc(C(=O)NCc2cccc(Cl)c2)cc1. The Morgan fingerprint density at radius 2 is 2.04 bits per heavy atom. The lowest BCUT2D eigenvalue weighted by atomic mass is 10.2. The van der Waals surface area contributed by atoms with Crippen molar-refractivity contribution in [2.45, 2.75) is 26.6 Å². The number of nitrogens with one attached hydrogen (secondary N) is 1. The summed E-state index contributed by atoms with van der Waals surface area (Å²) in [5.74, 6) is 1.13. The molecule has 1 heterocycles. The number of hydrogen-bond donors (Lipinski definition) is 1. The van der Waals surface area contributed by atoms with Gasteiger partial charge in [-0.3, -0.25) is 4.79 Å². The third kappa shape index (κ3) is 4.58. The Hall–Kier alpha value is -2.93. The Morgan fingerprint density at radius 1 is 1.23 bits per heavy atom.